The summed E-state index contributed by atoms with van der Waals surface area (Å²) in [7, 11) is 0. The van der Waals surface area contributed by atoms with Gasteiger partial charge in [-0.2, -0.15) is 0 Å². The highest BCUT2D eigenvalue weighted by Crippen LogP contribution is 2.23. The number of aryl methyl sites for hydroxylation is 1. The Morgan fingerprint density at radius 2 is 2.17 bits per heavy atom. The first-order valence-electron chi connectivity index (χ1n) is 3.07. The highest BCUT2D eigenvalue weighted by Gasteiger charge is 2.11. The first-order chi connectivity index (χ1) is 5.63. The van der Waals surface area contributed by atoms with Crippen molar-refractivity contribution >= 4 is 34.6 Å². The van der Waals surface area contributed by atoms with Gasteiger partial charge in [0.1, 0.15) is 0 Å². The predicted molar refractivity (Wildman–Crippen MR) is 52.2 cm³/mol. The Morgan fingerprint density at radius 3 is 2.33 bits per heavy atom. The van der Waals surface area contributed by atoms with Crippen molar-refractivity contribution in [3.8, 4) is 0 Å². The van der Waals surface area contributed by atoms with Gasteiger partial charge in [-0.3, -0.25) is 0 Å². The molecule has 0 spiro atoms. The van der Waals surface area contributed by atoms with E-state index in [0.29, 0.717) is 5.69 Å². The molecule has 3 N–H and O–H groups in total. The van der Waals surface area contributed by atoms with Crippen LogP contribution >= 0.6 is 22.9 Å². The molecule has 1 aromatic heterocycles. The third-order valence-corrected chi connectivity index (χ3v) is 2.15. The first kappa shape index (κ1) is 11.3. The van der Waals surface area contributed by atoms with Gasteiger partial charge in [0.15, 0.2) is 0 Å². The van der Waals surface area contributed by atoms with E-state index in [1.54, 1.807) is 12.3 Å². The Bertz CT molecular complexity index is 253. The Labute approximate surface area is 79.8 Å². The molecule has 0 fully saturated rings. The molecule has 1 heterocycles. The minimum atomic E-state index is -0.948. The summed E-state index contributed by atoms with van der Waals surface area (Å²) in [6.07, 6.45) is 1.47. The van der Waals surface area contributed by atoms with Crippen molar-refractivity contribution in [1.82, 2.24) is 0 Å². The Kier molecular flexibility index (Phi) is 4.70. The van der Waals surface area contributed by atoms with Crippen molar-refractivity contribution in [1.29, 1.82) is 0 Å². The molecule has 1 aromatic rings. The minimum Gasteiger partial charge on any atom is -0.478 e. The third kappa shape index (κ3) is 2.39. The van der Waals surface area contributed by atoms with Gasteiger partial charge in [-0.05, 0) is 6.92 Å². The molecule has 0 aromatic carbocycles. The van der Waals surface area contributed by atoms with Gasteiger partial charge < -0.3 is 10.8 Å². The van der Waals surface area contributed by atoms with Crippen molar-refractivity contribution in [2.75, 3.05) is 12.1 Å². The maximum absolute atomic E-state index is 10.4. The van der Waals surface area contributed by atoms with E-state index in [1.165, 1.54) is 17.7 Å². The van der Waals surface area contributed by atoms with Gasteiger partial charge in [-0.15, -0.1) is 22.9 Å². The minimum absolute atomic E-state index is 0.241. The number of hydrogen-bond donors (Lipinski definition) is 2. The van der Waals surface area contributed by atoms with E-state index in [1.807, 2.05) is 0 Å². The number of thiophene rings is 1. The molecule has 12 heavy (non-hydrogen) atoms. The van der Waals surface area contributed by atoms with Gasteiger partial charge in [-0.1, -0.05) is 0 Å². The summed E-state index contributed by atoms with van der Waals surface area (Å²) >= 11 is 5.99. The molecule has 0 saturated carbocycles. The van der Waals surface area contributed by atoms with E-state index in [0.717, 1.165) is 4.88 Å². The number of aromatic carboxylic acids is 1. The van der Waals surface area contributed by atoms with Crippen LogP contribution in [0.4, 0.5) is 5.69 Å². The number of hydrogen-bond acceptors (Lipinski definition) is 3. The van der Waals surface area contributed by atoms with Crippen molar-refractivity contribution in [3.63, 3.8) is 0 Å². The molecular weight excluding hydrogens is 198 g/mol. The molecule has 0 bridgehead atoms. The largest absolute Gasteiger partial charge is 0.478 e. The second-order valence-corrected chi connectivity index (χ2v) is 3.01. The lowest BCUT2D eigenvalue weighted by atomic mass is 10.2. The number of carboxylic acid groups (broad SMARTS) is 1. The fourth-order valence-electron chi connectivity index (χ4n) is 0.747. The van der Waals surface area contributed by atoms with E-state index < -0.39 is 5.97 Å². The topological polar surface area (TPSA) is 63.3 Å². The summed E-state index contributed by atoms with van der Waals surface area (Å²) in [5.74, 6) is -0.948. The Morgan fingerprint density at radius 1 is 1.67 bits per heavy atom. The van der Waals surface area contributed by atoms with Gasteiger partial charge in [0.25, 0.3) is 0 Å². The molecule has 0 aliphatic heterocycles. The summed E-state index contributed by atoms with van der Waals surface area (Å²) in [5.41, 5.74) is 5.97. The standard InChI is InChI=1S/C6H7NO2S.CH3Cl/c1-3-5(6(8)9)4(7)2-10-3;1-2/h2H,7H2,1H3,(H,8,9);1H3. The Hall–Kier alpha value is -0.740. The van der Waals surface area contributed by atoms with Crippen LogP contribution in [0.2, 0.25) is 0 Å². The average Bonchev–Trinajstić information content (AvgIpc) is 2.35. The normalized spacial score (nSPS) is 8.58. The monoisotopic (exact) mass is 207 g/mol. The summed E-state index contributed by atoms with van der Waals surface area (Å²) in [5, 5.41) is 10.2. The SMILES string of the molecule is CCl.Cc1scc(N)c1C(=O)O. The molecule has 0 aliphatic carbocycles. The Balaban J connectivity index is 0.000000561. The van der Waals surface area contributed by atoms with E-state index in [-0.39, 0.29) is 5.56 Å². The van der Waals surface area contributed by atoms with Crippen LogP contribution in [-0.2, 0) is 0 Å². The molecular formula is C7H10ClNO2S. The van der Waals surface area contributed by atoms with Crippen LogP contribution in [0.25, 0.3) is 0 Å². The lowest BCUT2D eigenvalue weighted by Crippen LogP contribution is -2.00. The maximum atomic E-state index is 10.4. The number of nitrogen functional groups attached to an aromatic ring is 1. The van der Waals surface area contributed by atoms with E-state index >= 15 is 0 Å². The fraction of sp³-hybridized carbons (Fsp3) is 0.286. The van der Waals surface area contributed by atoms with Crippen LogP contribution < -0.4 is 5.73 Å². The van der Waals surface area contributed by atoms with Crippen LogP contribution in [0.15, 0.2) is 5.38 Å². The second kappa shape index (κ2) is 5.00. The van der Waals surface area contributed by atoms with Crippen LogP contribution in [0.1, 0.15) is 15.2 Å². The molecule has 0 saturated heterocycles. The number of anilines is 1. The summed E-state index contributed by atoms with van der Waals surface area (Å²) in [6, 6.07) is 0. The second-order valence-electron chi connectivity index (χ2n) is 1.93. The fourth-order valence-corrected chi connectivity index (χ4v) is 1.49. The molecule has 0 amide bonds. The zero-order valence-electron chi connectivity index (χ0n) is 6.80. The smallest absolute Gasteiger partial charge is 0.338 e. The van der Waals surface area contributed by atoms with Crippen LogP contribution in [0, 0.1) is 6.92 Å². The number of alkyl halides is 1. The summed E-state index contributed by atoms with van der Waals surface area (Å²) < 4.78 is 0. The van der Waals surface area contributed by atoms with Gasteiger partial charge >= 0.3 is 5.97 Å². The van der Waals surface area contributed by atoms with Gasteiger partial charge in [0.05, 0.1) is 11.3 Å². The van der Waals surface area contributed by atoms with Crippen molar-refractivity contribution in [3.05, 3.63) is 15.8 Å². The van der Waals surface area contributed by atoms with Crippen molar-refractivity contribution in [2.45, 2.75) is 6.92 Å². The molecule has 0 unspecified atom stereocenters. The van der Waals surface area contributed by atoms with Gasteiger partial charge in [0.2, 0.25) is 0 Å². The van der Waals surface area contributed by atoms with E-state index in [2.05, 4.69) is 11.6 Å². The lowest BCUT2D eigenvalue weighted by Gasteiger charge is -1.91. The zero-order valence-corrected chi connectivity index (χ0v) is 8.37. The lowest BCUT2D eigenvalue weighted by molar-refractivity contribution is 0.0698. The van der Waals surface area contributed by atoms with Crippen molar-refractivity contribution in [2.24, 2.45) is 0 Å². The van der Waals surface area contributed by atoms with Crippen LogP contribution in [-0.4, -0.2) is 17.5 Å². The maximum Gasteiger partial charge on any atom is 0.338 e. The number of nitrogens with two attached hydrogens (primary N) is 1. The average molecular weight is 208 g/mol. The molecule has 0 radical (unpaired) electrons. The number of carboxylic acids is 1. The number of rotatable bonds is 1. The molecule has 3 nitrogen and oxygen atoms in total. The molecule has 0 atom stereocenters. The molecule has 0 aliphatic rings. The zero-order chi connectivity index (χ0) is 9.72. The van der Waals surface area contributed by atoms with Gasteiger partial charge in [-0.25, -0.2) is 4.79 Å². The van der Waals surface area contributed by atoms with Crippen molar-refractivity contribution < 1.29 is 9.90 Å². The van der Waals surface area contributed by atoms with E-state index in [4.69, 9.17) is 10.8 Å². The number of halogens is 1. The highest BCUT2D eigenvalue weighted by molar-refractivity contribution is 7.10. The highest BCUT2D eigenvalue weighted by atomic mass is 35.5. The van der Waals surface area contributed by atoms with E-state index in [9.17, 15) is 4.79 Å². The number of carbonyl (C=O) groups is 1. The molecule has 1 rings (SSSR count). The summed E-state index contributed by atoms with van der Waals surface area (Å²) in [4.78, 5) is 11.2. The van der Waals surface area contributed by atoms with Gasteiger partial charge in [0, 0.05) is 16.6 Å². The van der Waals surface area contributed by atoms with Crippen LogP contribution in [0.5, 0.6) is 0 Å². The molecule has 68 valence electrons. The quantitative estimate of drug-likeness (QED) is 0.694. The third-order valence-electron chi connectivity index (χ3n) is 1.22. The van der Waals surface area contributed by atoms with Crippen LogP contribution in [0.3, 0.4) is 0 Å². The molecule has 5 heteroatoms. The summed E-state index contributed by atoms with van der Waals surface area (Å²) in [6.45, 7) is 1.74. The predicted octanol–water partition coefficient (Wildman–Crippen LogP) is 2.19. The first-order valence-corrected chi connectivity index (χ1v) is 4.71.